The fourth-order valence-electron chi connectivity index (χ4n) is 3.35. The van der Waals surface area contributed by atoms with Gasteiger partial charge >= 0.3 is 0 Å². The summed E-state index contributed by atoms with van der Waals surface area (Å²) in [6.45, 7) is 2.01. The van der Waals surface area contributed by atoms with Crippen LogP contribution in [0.15, 0.2) is 59.0 Å². The van der Waals surface area contributed by atoms with E-state index in [-0.39, 0.29) is 5.91 Å². The van der Waals surface area contributed by atoms with Crippen LogP contribution in [0.5, 0.6) is 17.2 Å². The largest absolute Gasteiger partial charge is 0.493 e. The van der Waals surface area contributed by atoms with Crippen molar-refractivity contribution >= 4 is 22.7 Å². The second-order valence-electron chi connectivity index (χ2n) is 6.88. The highest BCUT2D eigenvalue weighted by Crippen LogP contribution is 2.38. The van der Waals surface area contributed by atoms with Crippen LogP contribution in [0.2, 0.25) is 0 Å². The summed E-state index contributed by atoms with van der Waals surface area (Å²) < 4.78 is 21.8. The summed E-state index contributed by atoms with van der Waals surface area (Å²) in [5, 5.41) is 2.88. The molecule has 158 valence electrons. The van der Waals surface area contributed by atoms with Gasteiger partial charge in [0.25, 0.3) is 5.91 Å². The fourth-order valence-corrected chi connectivity index (χ4v) is 3.35. The first-order valence-corrected chi connectivity index (χ1v) is 9.62. The van der Waals surface area contributed by atoms with Crippen LogP contribution in [0.3, 0.4) is 0 Å². The first-order valence-electron chi connectivity index (χ1n) is 9.62. The molecule has 31 heavy (non-hydrogen) atoms. The maximum atomic E-state index is 12.9. The van der Waals surface area contributed by atoms with Gasteiger partial charge in [0.05, 0.1) is 21.3 Å². The van der Waals surface area contributed by atoms with Gasteiger partial charge < -0.3 is 23.9 Å². The Hall–Kier alpha value is -4.00. The lowest BCUT2D eigenvalue weighted by Gasteiger charge is -2.14. The third kappa shape index (κ3) is 3.90. The molecular formula is C24H22N2O5. The van der Waals surface area contributed by atoms with Crippen LogP contribution in [0.25, 0.3) is 22.6 Å². The lowest BCUT2D eigenvalue weighted by molar-refractivity contribution is 0.102. The van der Waals surface area contributed by atoms with E-state index in [0.29, 0.717) is 45.5 Å². The molecule has 0 aliphatic rings. The molecule has 7 nitrogen and oxygen atoms in total. The van der Waals surface area contributed by atoms with Gasteiger partial charge in [-0.15, -0.1) is 0 Å². The molecule has 0 saturated heterocycles. The van der Waals surface area contributed by atoms with E-state index in [1.807, 2.05) is 31.2 Å². The van der Waals surface area contributed by atoms with E-state index in [9.17, 15) is 4.79 Å². The summed E-state index contributed by atoms with van der Waals surface area (Å²) in [6.07, 6.45) is 0. The molecule has 0 spiro atoms. The number of nitrogens with one attached hydrogen (secondary N) is 1. The number of anilines is 1. The molecule has 1 amide bonds. The van der Waals surface area contributed by atoms with Gasteiger partial charge in [-0.2, -0.15) is 0 Å². The van der Waals surface area contributed by atoms with E-state index in [4.69, 9.17) is 18.6 Å². The highest BCUT2D eigenvalue weighted by Gasteiger charge is 2.18. The van der Waals surface area contributed by atoms with Crippen molar-refractivity contribution in [1.29, 1.82) is 0 Å². The minimum atomic E-state index is -0.318. The van der Waals surface area contributed by atoms with Crippen molar-refractivity contribution in [2.45, 2.75) is 6.92 Å². The van der Waals surface area contributed by atoms with E-state index < -0.39 is 0 Å². The molecular weight excluding hydrogens is 396 g/mol. The predicted octanol–water partition coefficient (Wildman–Crippen LogP) is 5.08. The molecule has 4 rings (SSSR count). The Morgan fingerprint density at radius 1 is 0.935 bits per heavy atom. The fraction of sp³-hybridized carbons (Fsp3) is 0.167. The van der Waals surface area contributed by atoms with Gasteiger partial charge in [0.15, 0.2) is 17.1 Å². The van der Waals surface area contributed by atoms with Gasteiger partial charge in [0.1, 0.15) is 5.52 Å². The Morgan fingerprint density at radius 2 is 1.65 bits per heavy atom. The average molecular weight is 418 g/mol. The molecule has 4 aromatic rings. The SMILES string of the molecule is COc1cc(C(=O)Nc2ccc3oc(-c4ccccc4C)nc3c2)cc(OC)c1OC. The average Bonchev–Trinajstić information content (AvgIpc) is 3.21. The predicted molar refractivity (Wildman–Crippen MR) is 118 cm³/mol. The molecule has 0 bridgehead atoms. The summed E-state index contributed by atoms with van der Waals surface area (Å²) in [7, 11) is 4.52. The number of aryl methyl sites for hydroxylation is 1. The summed E-state index contributed by atoms with van der Waals surface area (Å²) in [4.78, 5) is 17.4. The van der Waals surface area contributed by atoms with E-state index in [2.05, 4.69) is 10.3 Å². The van der Waals surface area contributed by atoms with E-state index >= 15 is 0 Å². The number of nitrogens with zero attached hydrogens (tertiary/aromatic N) is 1. The third-order valence-electron chi connectivity index (χ3n) is 4.95. The zero-order chi connectivity index (χ0) is 22.0. The van der Waals surface area contributed by atoms with Crippen LogP contribution in [0, 0.1) is 6.92 Å². The normalized spacial score (nSPS) is 10.7. The zero-order valence-electron chi connectivity index (χ0n) is 17.7. The van der Waals surface area contributed by atoms with E-state index in [0.717, 1.165) is 11.1 Å². The molecule has 1 aromatic heterocycles. The maximum absolute atomic E-state index is 12.9. The lowest BCUT2D eigenvalue weighted by Crippen LogP contribution is -2.12. The van der Waals surface area contributed by atoms with Crippen molar-refractivity contribution in [3.8, 4) is 28.7 Å². The maximum Gasteiger partial charge on any atom is 0.255 e. The third-order valence-corrected chi connectivity index (χ3v) is 4.95. The van der Waals surface area contributed by atoms with Gasteiger partial charge in [0, 0.05) is 16.8 Å². The molecule has 1 heterocycles. The standard InChI is InChI=1S/C24H22N2O5/c1-14-7-5-6-8-17(14)24-26-18-13-16(9-10-19(18)31-24)25-23(27)15-11-20(28-2)22(30-4)21(12-15)29-3/h5-13H,1-4H3,(H,25,27). The quantitative estimate of drug-likeness (QED) is 0.470. The molecule has 0 radical (unpaired) electrons. The van der Waals surface area contributed by atoms with Crippen LogP contribution in [-0.4, -0.2) is 32.2 Å². The van der Waals surface area contributed by atoms with Crippen molar-refractivity contribution in [2.75, 3.05) is 26.6 Å². The van der Waals surface area contributed by atoms with Gasteiger partial charge in [-0.1, -0.05) is 18.2 Å². The van der Waals surface area contributed by atoms with Crippen molar-refractivity contribution in [3.63, 3.8) is 0 Å². The summed E-state index contributed by atoms with van der Waals surface area (Å²) in [5.74, 6) is 1.46. The number of carbonyl (C=O) groups excluding carboxylic acids is 1. The number of carbonyl (C=O) groups is 1. The highest BCUT2D eigenvalue weighted by atomic mass is 16.5. The first-order chi connectivity index (χ1) is 15.0. The number of aromatic nitrogens is 1. The number of hydrogen-bond donors (Lipinski definition) is 1. The number of ether oxygens (including phenoxy) is 3. The number of rotatable bonds is 6. The molecule has 7 heteroatoms. The van der Waals surface area contributed by atoms with Crippen LogP contribution in [0.1, 0.15) is 15.9 Å². The van der Waals surface area contributed by atoms with Crippen molar-refractivity contribution < 1.29 is 23.4 Å². The van der Waals surface area contributed by atoms with Gasteiger partial charge in [0.2, 0.25) is 11.6 Å². The number of methoxy groups -OCH3 is 3. The second-order valence-corrected chi connectivity index (χ2v) is 6.88. The second kappa shape index (κ2) is 8.39. The van der Waals surface area contributed by atoms with Crippen LogP contribution in [-0.2, 0) is 0 Å². The van der Waals surface area contributed by atoms with E-state index in [1.54, 1.807) is 30.3 Å². The highest BCUT2D eigenvalue weighted by molar-refractivity contribution is 6.05. The number of hydrogen-bond acceptors (Lipinski definition) is 6. The molecule has 0 atom stereocenters. The van der Waals surface area contributed by atoms with Gasteiger partial charge in [-0.05, 0) is 48.9 Å². The van der Waals surface area contributed by atoms with Gasteiger partial charge in [-0.3, -0.25) is 4.79 Å². The molecule has 3 aromatic carbocycles. The molecule has 0 aliphatic heterocycles. The van der Waals surface area contributed by atoms with E-state index in [1.165, 1.54) is 21.3 Å². The Morgan fingerprint density at radius 3 is 2.29 bits per heavy atom. The smallest absolute Gasteiger partial charge is 0.255 e. The van der Waals surface area contributed by atoms with Crippen LogP contribution < -0.4 is 19.5 Å². The minimum absolute atomic E-state index is 0.318. The van der Waals surface area contributed by atoms with Crippen molar-refractivity contribution in [1.82, 2.24) is 4.98 Å². The number of fused-ring (bicyclic) bond motifs is 1. The Balaban J connectivity index is 1.63. The molecule has 0 unspecified atom stereocenters. The summed E-state index contributed by atoms with van der Waals surface area (Å²) >= 11 is 0. The number of oxazole rings is 1. The van der Waals surface area contributed by atoms with Gasteiger partial charge in [-0.25, -0.2) is 4.98 Å². The topological polar surface area (TPSA) is 82.8 Å². The monoisotopic (exact) mass is 418 g/mol. The molecule has 0 aliphatic carbocycles. The minimum Gasteiger partial charge on any atom is -0.493 e. The summed E-state index contributed by atoms with van der Waals surface area (Å²) in [6, 6.07) is 16.4. The number of benzene rings is 3. The molecule has 0 saturated carbocycles. The Kier molecular flexibility index (Phi) is 5.49. The summed E-state index contributed by atoms with van der Waals surface area (Å²) in [5.41, 5.74) is 4.27. The van der Waals surface area contributed by atoms with Crippen molar-refractivity contribution in [2.24, 2.45) is 0 Å². The number of amides is 1. The van der Waals surface area contributed by atoms with Crippen LogP contribution >= 0.6 is 0 Å². The Bertz CT molecular complexity index is 1240. The van der Waals surface area contributed by atoms with Crippen LogP contribution in [0.4, 0.5) is 5.69 Å². The van der Waals surface area contributed by atoms with Crippen molar-refractivity contribution in [3.05, 3.63) is 65.7 Å². The Labute approximate surface area is 179 Å². The molecule has 0 fully saturated rings. The first kappa shape index (κ1) is 20.3. The lowest BCUT2D eigenvalue weighted by atomic mass is 10.1. The zero-order valence-corrected chi connectivity index (χ0v) is 17.7. The molecule has 1 N–H and O–H groups in total.